The van der Waals surface area contributed by atoms with Crippen molar-refractivity contribution in [3.05, 3.63) is 188 Å². The Morgan fingerprint density at radius 3 is 1.39 bits per heavy atom. The lowest BCUT2D eigenvalue weighted by Crippen LogP contribution is -2.00. The van der Waals surface area contributed by atoms with Crippen LogP contribution in [0.4, 0.5) is 0 Å². The highest BCUT2D eigenvalue weighted by molar-refractivity contribution is 6.37. The van der Waals surface area contributed by atoms with Crippen LogP contribution < -0.4 is 0 Å². The van der Waals surface area contributed by atoms with E-state index < -0.39 is 0 Å². The van der Waals surface area contributed by atoms with Gasteiger partial charge in [0.1, 0.15) is 11.2 Å². The number of benzene rings is 10. The lowest BCUT2D eigenvalue weighted by Gasteiger charge is -2.17. The smallest absolute Gasteiger partial charge is 0.164 e. The first-order valence-electron chi connectivity index (χ1n) is 20.0. The van der Waals surface area contributed by atoms with Gasteiger partial charge in [-0.2, -0.15) is 0 Å². The van der Waals surface area contributed by atoms with Crippen LogP contribution >= 0.6 is 0 Å². The van der Waals surface area contributed by atoms with Crippen LogP contribution in [0.25, 0.3) is 132 Å². The van der Waals surface area contributed by atoms with Gasteiger partial charge in [0.25, 0.3) is 0 Å². The zero-order chi connectivity index (χ0) is 38.6. The van der Waals surface area contributed by atoms with Crippen LogP contribution in [0, 0.1) is 0 Å². The Kier molecular flexibility index (Phi) is 6.69. The summed E-state index contributed by atoms with van der Waals surface area (Å²) in [6.45, 7) is 0. The molecule has 0 aliphatic rings. The highest BCUT2D eigenvalue weighted by Gasteiger charge is 2.19. The van der Waals surface area contributed by atoms with Crippen molar-refractivity contribution >= 4 is 86.6 Å². The Bertz CT molecular complexity index is 3820. The Hall–Kier alpha value is -7.95. The lowest BCUT2D eigenvalue weighted by atomic mass is 9.87. The molecule has 272 valence electrons. The fraction of sp³-hybridized carbons (Fsp3) is 0. The summed E-state index contributed by atoms with van der Waals surface area (Å²) < 4.78 is 6.21. The summed E-state index contributed by atoms with van der Waals surface area (Å²) in [7, 11) is 0. The Balaban J connectivity index is 1.11. The minimum absolute atomic E-state index is 0.605. The first-order valence-corrected chi connectivity index (χ1v) is 20.0. The Morgan fingerprint density at radius 1 is 0.254 bits per heavy atom. The predicted molar refractivity (Wildman–Crippen MR) is 245 cm³/mol. The molecular weight excluding hydrogens is 719 g/mol. The SMILES string of the molecule is c1ccc(-c2ccc(-c3nc(-c4ccc5oc6ccccc6c5c4)nc(-c4cc5ccc6cccc7c8cccc9ccc%10cccc(c(c4)c5c67)c%10c98)n3)cc2)cc1. The number of rotatable bonds is 4. The molecule has 0 amide bonds. The van der Waals surface area contributed by atoms with Crippen molar-refractivity contribution in [3.8, 4) is 45.3 Å². The largest absolute Gasteiger partial charge is 0.456 e. The van der Waals surface area contributed by atoms with Gasteiger partial charge in [0.15, 0.2) is 17.5 Å². The van der Waals surface area contributed by atoms with Gasteiger partial charge in [0.05, 0.1) is 0 Å². The number of aromatic nitrogens is 3. The minimum Gasteiger partial charge on any atom is -0.456 e. The van der Waals surface area contributed by atoms with Crippen molar-refractivity contribution in [2.45, 2.75) is 0 Å². The molecule has 11 aromatic carbocycles. The molecule has 2 heterocycles. The van der Waals surface area contributed by atoms with Crippen LogP contribution in [-0.2, 0) is 0 Å². The van der Waals surface area contributed by atoms with E-state index in [9.17, 15) is 0 Å². The number of hydrogen-bond acceptors (Lipinski definition) is 4. The van der Waals surface area contributed by atoms with Crippen LogP contribution in [0.3, 0.4) is 0 Å². The van der Waals surface area contributed by atoms with Crippen LogP contribution in [-0.4, -0.2) is 15.0 Å². The maximum Gasteiger partial charge on any atom is 0.164 e. The number of nitrogens with zero attached hydrogens (tertiary/aromatic N) is 3. The quantitative estimate of drug-likeness (QED) is 0.168. The molecule has 4 nitrogen and oxygen atoms in total. The van der Waals surface area contributed by atoms with E-state index in [1.54, 1.807) is 0 Å². The second kappa shape index (κ2) is 12.3. The lowest BCUT2D eigenvalue weighted by molar-refractivity contribution is 0.669. The minimum atomic E-state index is 0.605. The summed E-state index contributed by atoms with van der Waals surface area (Å²) in [5, 5.41) is 16.9. The predicted octanol–water partition coefficient (Wildman–Crippen LogP) is 14.8. The highest BCUT2D eigenvalue weighted by Crippen LogP contribution is 2.44. The van der Waals surface area contributed by atoms with E-state index in [0.717, 1.165) is 55.1 Å². The van der Waals surface area contributed by atoms with Gasteiger partial charge in [0, 0.05) is 27.5 Å². The standard InChI is InChI=1S/C55H31N3O/c1-2-9-32(10-3-1)33-19-24-37(25-20-33)53-56-54(39-27-28-48-45(30-39)41-14-4-5-18-47(41)59-48)58-55(57-53)40-29-38-26-23-36-12-7-16-43-42-15-6-11-34-21-22-35-13-8-17-44(51(35)49(34)42)46(31-40)52(38)50(36)43/h1-31H. The third-order valence-corrected chi connectivity index (χ3v) is 12.2. The summed E-state index contributed by atoms with van der Waals surface area (Å²) in [5.74, 6) is 1.84. The summed E-state index contributed by atoms with van der Waals surface area (Å²) in [6.07, 6.45) is 0. The Morgan fingerprint density at radius 2 is 0.712 bits per heavy atom. The van der Waals surface area contributed by atoms with Gasteiger partial charge in [-0.15, -0.1) is 0 Å². The van der Waals surface area contributed by atoms with E-state index in [2.05, 4.69) is 158 Å². The molecule has 0 saturated heterocycles. The van der Waals surface area contributed by atoms with E-state index >= 15 is 0 Å². The monoisotopic (exact) mass is 749 g/mol. The molecule has 0 radical (unpaired) electrons. The van der Waals surface area contributed by atoms with Crippen LogP contribution in [0.5, 0.6) is 0 Å². The molecule has 0 spiro atoms. The second-order valence-electron chi connectivity index (χ2n) is 15.5. The number of para-hydroxylation sites is 1. The van der Waals surface area contributed by atoms with Crippen molar-refractivity contribution in [1.29, 1.82) is 0 Å². The molecule has 13 rings (SSSR count). The molecule has 13 aromatic rings. The molecule has 59 heavy (non-hydrogen) atoms. The van der Waals surface area contributed by atoms with E-state index in [1.807, 2.05) is 30.3 Å². The third kappa shape index (κ3) is 4.87. The van der Waals surface area contributed by atoms with E-state index in [-0.39, 0.29) is 0 Å². The van der Waals surface area contributed by atoms with Crippen molar-refractivity contribution in [2.24, 2.45) is 0 Å². The number of hydrogen-bond donors (Lipinski definition) is 0. The Labute approximate surface area is 338 Å². The molecule has 4 heteroatoms. The van der Waals surface area contributed by atoms with Gasteiger partial charge in [0.2, 0.25) is 0 Å². The van der Waals surface area contributed by atoms with Gasteiger partial charge in [-0.05, 0) is 112 Å². The fourth-order valence-electron chi connectivity index (χ4n) is 9.48. The number of furan rings is 1. The second-order valence-corrected chi connectivity index (χ2v) is 15.5. The summed E-state index contributed by atoms with van der Waals surface area (Å²) >= 11 is 0. The molecule has 0 aliphatic heterocycles. The van der Waals surface area contributed by atoms with Crippen molar-refractivity contribution < 1.29 is 4.42 Å². The van der Waals surface area contributed by atoms with Gasteiger partial charge in [-0.1, -0.05) is 152 Å². The van der Waals surface area contributed by atoms with Crippen LogP contribution in [0.15, 0.2) is 192 Å². The molecule has 2 aromatic heterocycles. The zero-order valence-electron chi connectivity index (χ0n) is 31.6. The summed E-state index contributed by atoms with van der Waals surface area (Å²) in [6, 6.07) is 67.1. The molecule has 0 atom stereocenters. The van der Waals surface area contributed by atoms with Crippen molar-refractivity contribution in [3.63, 3.8) is 0 Å². The highest BCUT2D eigenvalue weighted by atomic mass is 16.3. The van der Waals surface area contributed by atoms with Gasteiger partial charge < -0.3 is 4.42 Å². The average molecular weight is 750 g/mol. The van der Waals surface area contributed by atoms with E-state index in [0.29, 0.717) is 17.5 Å². The fourth-order valence-corrected chi connectivity index (χ4v) is 9.48. The topological polar surface area (TPSA) is 51.8 Å². The maximum atomic E-state index is 6.21. The maximum absolute atomic E-state index is 6.21. The molecule has 0 N–H and O–H groups in total. The van der Waals surface area contributed by atoms with Crippen LogP contribution in [0.1, 0.15) is 0 Å². The molecule has 0 saturated carbocycles. The average Bonchev–Trinajstić information content (AvgIpc) is 3.68. The molecular formula is C55H31N3O. The van der Waals surface area contributed by atoms with Gasteiger partial charge >= 0.3 is 0 Å². The summed E-state index contributed by atoms with van der Waals surface area (Å²) in [4.78, 5) is 15.8. The van der Waals surface area contributed by atoms with Crippen LogP contribution in [0.2, 0.25) is 0 Å². The van der Waals surface area contributed by atoms with Crippen molar-refractivity contribution in [1.82, 2.24) is 15.0 Å². The molecule has 0 fully saturated rings. The normalized spacial score (nSPS) is 12.1. The van der Waals surface area contributed by atoms with Crippen molar-refractivity contribution in [2.75, 3.05) is 0 Å². The zero-order valence-corrected chi connectivity index (χ0v) is 31.6. The number of fused-ring (bicyclic) bond motifs is 5. The van der Waals surface area contributed by atoms with Gasteiger partial charge in [-0.3, -0.25) is 0 Å². The van der Waals surface area contributed by atoms with E-state index in [4.69, 9.17) is 19.4 Å². The molecule has 0 bridgehead atoms. The first-order chi connectivity index (χ1) is 29.2. The molecule has 0 aliphatic carbocycles. The third-order valence-electron chi connectivity index (χ3n) is 12.2. The first kappa shape index (κ1) is 32.2. The van der Waals surface area contributed by atoms with E-state index in [1.165, 1.54) is 59.2 Å². The molecule has 0 unspecified atom stereocenters. The summed E-state index contributed by atoms with van der Waals surface area (Å²) in [5.41, 5.74) is 6.74. The van der Waals surface area contributed by atoms with Gasteiger partial charge in [-0.25, -0.2) is 15.0 Å².